The molecule has 0 aromatic heterocycles. The van der Waals surface area contributed by atoms with E-state index < -0.39 is 77.9 Å². The smallest absolute Gasteiger partial charge is 0.417 e. The second-order valence-electron chi connectivity index (χ2n) is 12.4. The first-order chi connectivity index (χ1) is 19.7. The number of nitrogens with zero attached hydrogens (tertiary/aromatic N) is 1. The number of carbonyl (C=O) groups is 6. The molecule has 0 radical (unpaired) electrons. The van der Waals surface area contributed by atoms with Gasteiger partial charge in [0.2, 0.25) is 10.8 Å². The third-order valence-corrected chi connectivity index (χ3v) is 10.8. The van der Waals surface area contributed by atoms with Crippen LogP contribution in [-0.2, 0) is 47.7 Å². The first-order valence-electron chi connectivity index (χ1n) is 14.3. The first-order valence-corrected chi connectivity index (χ1v) is 15.1. The molecule has 232 valence electrons. The predicted octanol–water partition coefficient (Wildman–Crippen LogP) is 2.42. The molecule has 0 unspecified atom stereocenters. The lowest BCUT2D eigenvalue weighted by molar-refractivity contribution is -0.218. The Morgan fingerprint density at radius 1 is 0.929 bits per heavy atom. The van der Waals surface area contributed by atoms with Crippen LogP contribution in [0.15, 0.2) is 0 Å². The summed E-state index contributed by atoms with van der Waals surface area (Å²) in [5, 5.41) is 10.8. The van der Waals surface area contributed by atoms with Gasteiger partial charge in [-0.2, -0.15) is 0 Å². The van der Waals surface area contributed by atoms with E-state index in [1.54, 1.807) is 0 Å². The quantitative estimate of drug-likeness (QED) is 0.298. The van der Waals surface area contributed by atoms with Gasteiger partial charge >= 0.3 is 30.0 Å². The van der Waals surface area contributed by atoms with E-state index in [0.29, 0.717) is 17.8 Å². The fourth-order valence-corrected chi connectivity index (χ4v) is 10.3. The first kappa shape index (κ1) is 30.6. The standard InChI is InChI=1S/C28H37NO12S/c1-13(30)29-22-20(40-26(29)36)11-28(25(34)35,42-27-8-17-5-18(9-27)7-19(6-17)10-27)41-24(22)23(39-16(4)33)21(38-15(3)32)12-37-14(2)31/h17-24H,5-12H2,1-4H3,(H,34,35)/t17?,18?,19?,20-,21+,22+,23+,24+,27?,28+/m0/s1. The molecule has 14 heteroatoms. The normalized spacial score (nSPS) is 37.7. The number of hydrogen-bond acceptors (Lipinski definition) is 12. The van der Waals surface area contributed by atoms with Crippen molar-refractivity contribution in [2.75, 3.05) is 6.61 Å². The van der Waals surface area contributed by atoms with Crippen molar-refractivity contribution in [3.8, 4) is 0 Å². The van der Waals surface area contributed by atoms with Crippen LogP contribution in [0.1, 0.15) is 72.6 Å². The third kappa shape index (κ3) is 5.84. The molecule has 4 saturated carbocycles. The van der Waals surface area contributed by atoms with Gasteiger partial charge in [0.15, 0.2) is 12.2 Å². The minimum atomic E-state index is -1.94. The maximum Gasteiger partial charge on any atom is 0.417 e. The van der Waals surface area contributed by atoms with Crippen LogP contribution in [-0.4, -0.2) is 92.6 Å². The van der Waals surface area contributed by atoms with E-state index in [1.807, 2.05) is 0 Å². The van der Waals surface area contributed by atoms with Crippen LogP contribution in [0.3, 0.4) is 0 Å². The fourth-order valence-electron chi connectivity index (χ4n) is 8.18. The van der Waals surface area contributed by atoms with Crippen LogP contribution >= 0.6 is 11.8 Å². The van der Waals surface area contributed by atoms with Gasteiger partial charge in [-0.05, 0) is 56.3 Å². The molecular formula is C28H37NO12S. The number of carboxylic acid groups (broad SMARTS) is 1. The number of carbonyl (C=O) groups excluding carboxylic acids is 5. The van der Waals surface area contributed by atoms with Crippen molar-refractivity contribution in [1.82, 2.24) is 4.90 Å². The van der Waals surface area contributed by atoms with E-state index in [4.69, 9.17) is 23.7 Å². The van der Waals surface area contributed by atoms with Crippen LogP contribution in [0.5, 0.6) is 0 Å². The number of esters is 3. The van der Waals surface area contributed by atoms with E-state index in [0.717, 1.165) is 71.1 Å². The average molecular weight is 612 g/mol. The van der Waals surface area contributed by atoms with Gasteiger partial charge in [-0.3, -0.25) is 19.2 Å². The zero-order valence-electron chi connectivity index (χ0n) is 24.1. The van der Waals surface area contributed by atoms with Crippen molar-refractivity contribution < 1.29 is 57.6 Å². The molecule has 4 bridgehead atoms. The Morgan fingerprint density at radius 2 is 1.50 bits per heavy atom. The van der Waals surface area contributed by atoms with Gasteiger partial charge in [0, 0.05) is 38.9 Å². The van der Waals surface area contributed by atoms with E-state index in [-0.39, 0.29) is 11.2 Å². The largest absolute Gasteiger partial charge is 0.478 e. The molecule has 1 N–H and O–H groups in total. The van der Waals surface area contributed by atoms with Crippen LogP contribution in [0, 0.1) is 17.8 Å². The van der Waals surface area contributed by atoms with Crippen molar-refractivity contribution >= 4 is 47.6 Å². The van der Waals surface area contributed by atoms with E-state index in [2.05, 4.69) is 0 Å². The van der Waals surface area contributed by atoms with Crippen molar-refractivity contribution in [1.29, 1.82) is 0 Å². The zero-order chi connectivity index (χ0) is 30.6. The number of thioether (sulfide) groups is 1. The Hall–Kier alpha value is -2.87. The van der Waals surface area contributed by atoms with Gasteiger partial charge in [-0.25, -0.2) is 14.5 Å². The van der Waals surface area contributed by atoms with Crippen molar-refractivity contribution in [3.63, 3.8) is 0 Å². The molecule has 2 saturated heterocycles. The Bertz CT molecular complexity index is 1140. The summed E-state index contributed by atoms with van der Waals surface area (Å²) in [6.45, 7) is 3.92. The summed E-state index contributed by atoms with van der Waals surface area (Å²) in [4.78, 5) is 73.8. The number of aliphatic carboxylic acids is 1. The molecule has 0 spiro atoms. The van der Waals surface area contributed by atoms with Crippen LogP contribution in [0.25, 0.3) is 0 Å². The molecule has 6 rings (SSSR count). The number of ether oxygens (including phenoxy) is 5. The van der Waals surface area contributed by atoms with Gasteiger partial charge in [0.05, 0.1) is 0 Å². The summed E-state index contributed by atoms with van der Waals surface area (Å²) in [5.74, 6) is -2.82. The molecule has 6 fully saturated rings. The molecule has 0 aromatic carbocycles. The van der Waals surface area contributed by atoms with E-state index in [1.165, 1.54) is 11.8 Å². The summed E-state index contributed by atoms with van der Waals surface area (Å²) < 4.78 is 27.8. The van der Waals surface area contributed by atoms with Gasteiger partial charge in [-0.1, -0.05) is 0 Å². The molecule has 2 heterocycles. The maximum absolute atomic E-state index is 13.2. The Labute approximate surface area is 247 Å². The SMILES string of the molecule is CC(=O)OC[C@@H](OC(C)=O)[C@@H](OC(C)=O)[C@@H]1O[C@](SC23CC4CC(CC(C4)C2)C3)(C(=O)O)C[C@@H]2OC(=O)N(C(C)=O)[C@@H]12. The lowest BCUT2D eigenvalue weighted by Crippen LogP contribution is -2.66. The molecule has 4 aliphatic carbocycles. The second-order valence-corrected chi connectivity index (χ2v) is 14.1. The summed E-state index contributed by atoms with van der Waals surface area (Å²) in [7, 11) is 0. The van der Waals surface area contributed by atoms with E-state index in [9.17, 15) is 33.9 Å². The highest BCUT2D eigenvalue weighted by molar-refractivity contribution is 8.02. The number of imide groups is 1. The number of carboxylic acids is 1. The lowest BCUT2D eigenvalue weighted by atomic mass is 9.56. The number of amides is 2. The molecular weight excluding hydrogens is 574 g/mol. The maximum atomic E-state index is 13.2. The van der Waals surface area contributed by atoms with Crippen LogP contribution in [0.4, 0.5) is 4.79 Å². The monoisotopic (exact) mass is 611 g/mol. The Kier molecular flexibility index (Phi) is 8.25. The Morgan fingerprint density at radius 3 is 1.98 bits per heavy atom. The zero-order valence-corrected chi connectivity index (χ0v) is 24.9. The van der Waals surface area contributed by atoms with Crippen LogP contribution < -0.4 is 0 Å². The Balaban J connectivity index is 1.57. The number of fused-ring (bicyclic) bond motifs is 1. The molecule has 0 aromatic rings. The average Bonchev–Trinajstić information content (AvgIpc) is 3.18. The lowest BCUT2D eigenvalue weighted by Gasteiger charge is -2.58. The van der Waals surface area contributed by atoms with Crippen molar-refractivity contribution in [2.24, 2.45) is 17.8 Å². The molecule has 6 atom stereocenters. The predicted molar refractivity (Wildman–Crippen MR) is 143 cm³/mol. The van der Waals surface area contributed by atoms with Gasteiger partial charge in [0.1, 0.15) is 24.9 Å². The topological polar surface area (TPSA) is 172 Å². The van der Waals surface area contributed by atoms with Gasteiger partial charge in [-0.15, -0.1) is 11.8 Å². The second kappa shape index (κ2) is 11.3. The molecule has 6 aliphatic rings. The summed E-state index contributed by atoms with van der Waals surface area (Å²) in [5.41, 5.74) is 0. The van der Waals surface area contributed by atoms with Crippen molar-refractivity contribution in [3.05, 3.63) is 0 Å². The minimum absolute atomic E-state index is 0.250. The van der Waals surface area contributed by atoms with Gasteiger partial charge < -0.3 is 28.8 Å². The summed E-state index contributed by atoms with van der Waals surface area (Å²) in [6.07, 6.45) is -0.941. The van der Waals surface area contributed by atoms with Crippen LogP contribution in [0.2, 0.25) is 0 Å². The minimum Gasteiger partial charge on any atom is -0.478 e. The molecule has 2 amide bonds. The molecule has 2 aliphatic heterocycles. The highest BCUT2D eigenvalue weighted by Gasteiger charge is 2.66. The summed E-state index contributed by atoms with van der Waals surface area (Å²) in [6, 6.07) is -1.21. The van der Waals surface area contributed by atoms with Gasteiger partial charge in [0.25, 0.3) is 0 Å². The number of rotatable bonds is 9. The highest BCUT2D eigenvalue weighted by Crippen LogP contribution is 2.64. The highest BCUT2D eigenvalue weighted by atomic mass is 32.2. The molecule has 42 heavy (non-hydrogen) atoms. The molecule has 13 nitrogen and oxygen atoms in total. The third-order valence-electron chi connectivity index (χ3n) is 9.05. The fraction of sp³-hybridized carbons (Fsp3) is 0.786. The summed E-state index contributed by atoms with van der Waals surface area (Å²) >= 11 is 1.23. The number of hydrogen-bond donors (Lipinski definition) is 1. The van der Waals surface area contributed by atoms with E-state index >= 15 is 0 Å². The van der Waals surface area contributed by atoms with Crippen molar-refractivity contribution in [2.45, 2.75) is 113 Å².